The van der Waals surface area contributed by atoms with E-state index in [1.165, 1.54) is 186 Å². The van der Waals surface area contributed by atoms with Gasteiger partial charge >= 0.3 is 294 Å². The summed E-state index contributed by atoms with van der Waals surface area (Å²) in [5, 5.41) is 2.35. The minimum absolute atomic E-state index is 0.781. The molecule has 2 unspecified atom stereocenters. The molecule has 0 N–H and O–H groups in total. The van der Waals surface area contributed by atoms with Crippen LogP contribution in [-0.4, -0.2) is 46.7 Å². The van der Waals surface area contributed by atoms with Crippen LogP contribution in [0.4, 0.5) is 0 Å². The average molecular weight is 1180 g/mol. The summed E-state index contributed by atoms with van der Waals surface area (Å²) in [6.45, 7) is 9.34. The van der Waals surface area contributed by atoms with Gasteiger partial charge in [0.15, 0.2) is 0 Å². The van der Waals surface area contributed by atoms with Crippen LogP contribution in [0.3, 0.4) is 0 Å². The number of fused-ring (bicyclic) bond motifs is 2. The topological polar surface area (TPSA) is 25.8 Å². The van der Waals surface area contributed by atoms with E-state index in [0.717, 1.165) is 11.8 Å². The van der Waals surface area contributed by atoms with E-state index in [2.05, 4.69) is 106 Å². The van der Waals surface area contributed by atoms with Crippen LogP contribution in [0.5, 0.6) is 0 Å². The summed E-state index contributed by atoms with van der Waals surface area (Å²) in [5.41, 5.74) is 5.02. The third-order valence-corrected chi connectivity index (χ3v) is 38.8. The van der Waals surface area contributed by atoms with Gasteiger partial charge in [0.05, 0.1) is 0 Å². The SMILES string of the molecule is CCCCCCC(CCCC)Cc1ccc(-c2nc3c(-c4cc[c]([Sn]([CH3])([CH3])[CH3])s4)c4sc(-c5ccc(CC(CCCC)CCCCCC)s5)nc4c(-c4cc[c]([Sn]([CH3])([CH3])[CH3])s4)c3s2)s1. The number of thiazole rings is 2. The van der Waals surface area contributed by atoms with Crippen molar-refractivity contribution in [2.75, 3.05) is 0 Å². The average Bonchev–Trinajstić information content (AvgIpc) is 4.11. The van der Waals surface area contributed by atoms with Crippen LogP contribution in [0.25, 0.3) is 61.1 Å². The van der Waals surface area contributed by atoms with Crippen molar-refractivity contribution < 1.29 is 0 Å². The summed E-state index contributed by atoms with van der Waals surface area (Å²) < 4.78 is 5.89. The Labute approximate surface area is 419 Å². The maximum atomic E-state index is 5.77. The van der Waals surface area contributed by atoms with E-state index in [1.807, 2.05) is 68.0 Å². The molecule has 7 rings (SSSR count). The second-order valence-corrected chi connectivity index (χ2v) is 58.0. The Morgan fingerprint density at radius 3 is 1.14 bits per heavy atom. The zero-order chi connectivity index (χ0) is 45.4. The van der Waals surface area contributed by atoms with Crippen molar-refractivity contribution >= 4 is 131 Å². The van der Waals surface area contributed by atoms with E-state index in [4.69, 9.17) is 9.97 Å². The van der Waals surface area contributed by atoms with Gasteiger partial charge in [0.2, 0.25) is 0 Å². The molecule has 1 aromatic carbocycles. The van der Waals surface area contributed by atoms with Crippen LogP contribution < -0.4 is 5.79 Å². The predicted octanol–water partition coefficient (Wildman–Crippen LogP) is 19.5. The van der Waals surface area contributed by atoms with Crippen LogP contribution in [0.2, 0.25) is 29.6 Å². The number of benzene rings is 1. The molecule has 0 spiro atoms. The molecular formula is C54H76N2S6Sn2. The Kier molecular flexibility index (Phi) is 19.1. The van der Waals surface area contributed by atoms with Gasteiger partial charge in [-0.05, 0) is 0 Å². The predicted molar refractivity (Wildman–Crippen MR) is 303 cm³/mol. The van der Waals surface area contributed by atoms with Gasteiger partial charge in [-0.1, -0.05) is 130 Å². The van der Waals surface area contributed by atoms with Crippen molar-refractivity contribution in [2.45, 2.75) is 173 Å². The zero-order valence-electron chi connectivity index (χ0n) is 40.8. The Bertz CT molecular complexity index is 2300. The Balaban J connectivity index is 1.34. The number of hydrogen-bond donors (Lipinski definition) is 0. The van der Waals surface area contributed by atoms with Crippen molar-refractivity contribution in [1.82, 2.24) is 9.97 Å². The first-order chi connectivity index (χ1) is 30.8. The third-order valence-electron chi connectivity index (χ3n) is 13.0. The monoisotopic (exact) mass is 1180 g/mol. The molecule has 0 aliphatic rings. The first-order valence-electron chi connectivity index (χ1n) is 25.0. The van der Waals surface area contributed by atoms with Gasteiger partial charge in [0.25, 0.3) is 0 Å². The minimum atomic E-state index is -2.34. The number of nitrogens with zero attached hydrogens (tertiary/aromatic N) is 2. The molecule has 0 fully saturated rings. The molecule has 6 aromatic heterocycles. The number of rotatable bonds is 26. The summed E-state index contributed by atoms with van der Waals surface area (Å²) in [6.07, 6.45) is 23.9. The van der Waals surface area contributed by atoms with Gasteiger partial charge in [-0.15, -0.1) is 0 Å². The molecule has 2 atom stereocenters. The van der Waals surface area contributed by atoms with Crippen LogP contribution in [0.15, 0.2) is 48.5 Å². The normalized spacial score (nSPS) is 13.5. The van der Waals surface area contributed by atoms with Crippen LogP contribution >= 0.6 is 68.0 Å². The maximum absolute atomic E-state index is 5.77. The van der Waals surface area contributed by atoms with Crippen molar-refractivity contribution in [3.05, 3.63) is 58.3 Å². The Hall–Kier alpha value is -0.603. The molecule has 0 aliphatic carbocycles. The number of aromatic nitrogens is 2. The van der Waals surface area contributed by atoms with Gasteiger partial charge in [0.1, 0.15) is 0 Å². The first kappa shape index (κ1) is 51.3. The zero-order valence-corrected chi connectivity index (χ0v) is 51.5. The molecule has 10 heteroatoms. The van der Waals surface area contributed by atoms with E-state index >= 15 is 0 Å². The van der Waals surface area contributed by atoms with Gasteiger partial charge in [-0.3, -0.25) is 0 Å². The molecule has 2 nitrogen and oxygen atoms in total. The fraction of sp³-hybridized carbons (Fsp3) is 0.556. The summed E-state index contributed by atoms with van der Waals surface area (Å²) >= 11 is 7.29. The number of hydrogen-bond acceptors (Lipinski definition) is 8. The summed E-state index contributed by atoms with van der Waals surface area (Å²) in [7, 11) is 0. The van der Waals surface area contributed by atoms with Gasteiger partial charge in [-0.2, -0.15) is 0 Å². The fourth-order valence-corrected chi connectivity index (χ4v) is 26.6. The van der Waals surface area contributed by atoms with E-state index in [9.17, 15) is 0 Å². The summed E-state index contributed by atoms with van der Waals surface area (Å²) in [4.78, 5) is 35.3. The van der Waals surface area contributed by atoms with Gasteiger partial charge < -0.3 is 0 Å². The molecule has 0 radical (unpaired) electrons. The molecule has 0 saturated carbocycles. The van der Waals surface area contributed by atoms with E-state index < -0.39 is 36.8 Å². The van der Waals surface area contributed by atoms with Crippen molar-refractivity contribution in [2.24, 2.45) is 11.8 Å². The summed E-state index contributed by atoms with van der Waals surface area (Å²) in [6, 6.07) is 19.5. The second kappa shape index (κ2) is 23.8. The molecule has 0 saturated heterocycles. The van der Waals surface area contributed by atoms with Crippen molar-refractivity contribution in [3.8, 4) is 40.7 Å². The Morgan fingerprint density at radius 1 is 0.406 bits per heavy atom. The number of unbranched alkanes of at least 4 members (excludes halogenated alkanes) is 8. The van der Waals surface area contributed by atoms with Crippen LogP contribution in [-0.2, 0) is 12.8 Å². The molecule has 0 aliphatic heterocycles. The van der Waals surface area contributed by atoms with Crippen molar-refractivity contribution in [3.63, 3.8) is 0 Å². The Morgan fingerprint density at radius 2 is 0.781 bits per heavy atom. The van der Waals surface area contributed by atoms with Crippen LogP contribution in [0, 0.1) is 11.8 Å². The molecule has 0 bridgehead atoms. The third kappa shape index (κ3) is 13.0. The van der Waals surface area contributed by atoms with E-state index in [1.54, 1.807) is 5.79 Å². The molecular weight excluding hydrogens is 1110 g/mol. The quantitative estimate of drug-likeness (QED) is 0.0399. The standard InChI is InChI=1S/C48H58N2S6.6CH3.2Sn/c1-5-9-13-15-21-33(19-11-7-3)31-35-25-27-39(53-35)47-49-43-41(37-23-17-29-51-37)46-44(42(45(43)55-47)38-24-18-30-52-38)50-48(56-46)40-28-26-36(54-40)32-34(20-12-8-4)22-16-14-10-6-2;;;;;;;;/h17-18,23-28,33-34H,5-16,19-22,31-32H2,1-4H3;6*1H3;;. The fourth-order valence-electron chi connectivity index (χ4n) is 9.13. The molecule has 64 heavy (non-hydrogen) atoms. The molecule has 0 amide bonds. The van der Waals surface area contributed by atoms with E-state index in [-0.39, 0.29) is 0 Å². The van der Waals surface area contributed by atoms with Crippen LogP contribution in [0.1, 0.15) is 140 Å². The van der Waals surface area contributed by atoms with E-state index in [0.29, 0.717) is 0 Å². The van der Waals surface area contributed by atoms with Gasteiger partial charge in [-0.25, -0.2) is 0 Å². The molecule has 346 valence electrons. The summed E-state index contributed by atoms with van der Waals surface area (Å²) in [5.74, 6) is 1.56. The van der Waals surface area contributed by atoms with Crippen molar-refractivity contribution in [1.29, 1.82) is 0 Å². The molecule has 7 aromatic rings. The number of thiophene rings is 4. The first-order valence-corrected chi connectivity index (χ1v) is 49.8. The van der Waals surface area contributed by atoms with Gasteiger partial charge in [0, 0.05) is 0 Å². The second-order valence-electron chi connectivity index (χ2n) is 20.6. The molecule has 6 heterocycles.